The maximum Gasteiger partial charge on any atom is 0.323 e. The monoisotopic (exact) mass is 530 g/mol. The number of nitrogens with two attached hydrogens (primary N) is 1. The lowest BCUT2D eigenvalue weighted by atomic mass is 9.96. The number of imidazole rings is 1. The third-order valence-electron chi connectivity index (χ3n) is 5.52. The molecule has 0 aliphatic carbocycles. The summed E-state index contributed by atoms with van der Waals surface area (Å²) in [5.41, 5.74) is 4.26. The van der Waals surface area contributed by atoms with Gasteiger partial charge in [0, 0.05) is 6.66 Å². The Morgan fingerprint density at radius 2 is 2.08 bits per heavy atom. The van der Waals surface area contributed by atoms with E-state index in [2.05, 4.69) is 20.0 Å². The molecule has 0 aromatic carbocycles. The van der Waals surface area contributed by atoms with Crippen LogP contribution in [0.15, 0.2) is 6.33 Å². The van der Waals surface area contributed by atoms with Crippen molar-refractivity contribution < 1.29 is 38.3 Å². The average Bonchev–Trinajstić information content (AvgIpc) is 3.27. The second-order valence-corrected chi connectivity index (χ2v) is 12.5. The number of hydrogen-bond donors (Lipinski definition) is 4. The molecule has 6 atom stereocenters. The van der Waals surface area contributed by atoms with E-state index in [4.69, 9.17) is 24.5 Å². The topological polar surface area (TPSA) is 193 Å². The van der Waals surface area contributed by atoms with Gasteiger partial charge in [0.1, 0.15) is 23.9 Å². The van der Waals surface area contributed by atoms with E-state index in [1.165, 1.54) is 38.5 Å². The van der Waals surface area contributed by atoms with E-state index >= 15 is 0 Å². The molecule has 0 bridgehead atoms. The SMILES string of the molecule is COc1nc(N)nc2c1ncn2[C@@H]1O[C@H](CO[P@](C)(=O)N[C@@H](C)C(=O)OCC(C)(C)C)[C@@H](O)[C@@]1(C)O. The summed E-state index contributed by atoms with van der Waals surface area (Å²) in [5.74, 6) is -0.505. The number of nitrogen functional groups attached to an aromatic ring is 1. The summed E-state index contributed by atoms with van der Waals surface area (Å²) in [6, 6.07) is -0.897. The quantitative estimate of drug-likeness (QED) is 0.263. The summed E-state index contributed by atoms with van der Waals surface area (Å²) >= 11 is 0. The van der Waals surface area contributed by atoms with Gasteiger partial charge in [0.15, 0.2) is 17.4 Å². The minimum atomic E-state index is -3.52. The van der Waals surface area contributed by atoms with Crippen LogP contribution in [0.1, 0.15) is 40.8 Å². The number of methoxy groups -OCH3 is 1. The van der Waals surface area contributed by atoms with Gasteiger partial charge >= 0.3 is 5.97 Å². The largest absolute Gasteiger partial charge is 0.479 e. The lowest BCUT2D eigenvalue weighted by molar-refractivity contribution is -0.148. The second kappa shape index (κ2) is 10.2. The molecular weight excluding hydrogens is 495 g/mol. The van der Waals surface area contributed by atoms with Crippen molar-refractivity contribution in [1.29, 1.82) is 0 Å². The average molecular weight is 531 g/mol. The fraction of sp³-hybridized carbons (Fsp3) is 0.714. The van der Waals surface area contributed by atoms with Gasteiger partial charge in [-0.2, -0.15) is 9.97 Å². The van der Waals surface area contributed by atoms with Crippen molar-refractivity contribution >= 4 is 30.6 Å². The van der Waals surface area contributed by atoms with E-state index in [1.807, 2.05) is 20.8 Å². The van der Waals surface area contributed by atoms with E-state index in [1.54, 1.807) is 0 Å². The van der Waals surface area contributed by atoms with Gasteiger partial charge in [0.05, 0.1) is 26.7 Å². The summed E-state index contributed by atoms with van der Waals surface area (Å²) in [5, 5.41) is 24.5. The van der Waals surface area contributed by atoms with Gasteiger partial charge < -0.3 is 34.7 Å². The second-order valence-electron chi connectivity index (χ2n) is 10.3. The summed E-state index contributed by atoms with van der Waals surface area (Å²) in [6.45, 7) is 9.82. The fourth-order valence-corrected chi connectivity index (χ4v) is 4.98. The molecule has 0 unspecified atom stereocenters. The van der Waals surface area contributed by atoms with Crippen LogP contribution >= 0.6 is 7.52 Å². The first-order valence-corrected chi connectivity index (χ1v) is 13.4. The van der Waals surface area contributed by atoms with Crippen molar-refractivity contribution in [1.82, 2.24) is 24.6 Å². The van der Waals surface area contributed by atoms with E-state index in [0.717, 1.165) is 0 Å². The number of rotatable bonds is 9. The molecule has 1 aliphatic heterocycles. The lowest BCUT2D eigenvalue weighted by Crippen LogP contribution is -2.44. The predicted octanol–water partition coefficient (Wildman–Crippen LogP) is 0.833. The van der Waals surface area contributed by atoms with Crippen LogP contribution in [0.2, 0.25) is 0 Å². The number of fused-ring (bicyclic) bond motifs is 1. The first-order chi connectivity index (χ1) is 16.6. The Kier molecular flexibility index (Phi) is 7.99. The summed E-state index contributed by atoms with van der Waals surface area (Å²) in [4.78, 5) is 24.6. The maximum atomic E-state index is 12.9. The lowest BCUT2D eigenvalue weighted by Gasteiger charge is -2.27. The number of carbonyl (C=O) groups is 1. The zero-order valence-electron chi connectivity index (χ0n) is 21.5. The molecule has 15 heteroatoms. The Bertz CT molecular complexity index is 1150. The Balaban J connectivity index is 1.69. The number of aromatic nitrogens is 4. The molecule has 0 saturated carbocycles. The number of nitrogens with one attached hydrogen (secondary N) is 1. The molecule has 2 aromatic rings. The van der Waals surface area contributed by atoms with Crippen LogP contribution in [0.4, 0.5) is 5.95 Å². The summed E-state index contributed by atoms with van der Waals surface area (Å²) in [6.07, 6.45) is -2.27. The van der Waals surface area contributed by atoms with Crippen LogP contribution in [0.25, 0.3) is 11.2 Å². The van der Waals surface area contributed by atoms with Gasteiger partial charge in [-0.15, -0.1) is 0 Å². The zero-order valence-corrected chi connectivity index (χ0v) is 22.4. The molecule has 14 nitrogen and oxygen atoms in total. The molecule has 0 spiro atoms. The van der Waals surface area contributed by atoms with Gasteiger partial charge in [-0.05, 0) is 19.3 Å². The predicted molar refractivity (Wildman–Crippen MR) is 129 cm³/mol. The van der Waals surface area contributed by atoms with E-state index in [-0.39, 0.29) is 41.6 Å². The summed E-state index contributed by atoms with van der Waals surface area (Å²) < 4.78 is 36.2. The molecule has 1 fully saturated rings. The van der Waals surface area contributed by atoms with Crippen molar-refractivity contribution in [2.24, 2.45) is 5.41 Å². The van der Waals surface area contributed by atoms with Crippen molar-refractivity contribution in [3.63, 3.8) is 0 Å². The molecule has 36 heavy (non-hydrogen) atoms. The van der Waals surface area contributed by atoms with Gasteiger partial charge in [-0.1, -0.05) is 20.8 Å². The molecule has 0 radical (unpaired) electrons. The standard InChI is InChI=1S/C21H35N6O8P/c1-11(17(29)33-9-20(2,3)4)26-36(7,31)34-8-12-14(28)21(5,30)18(35-12)27-10-23-13-15(27)24-19(22)25-16(13)32-6/h10-12,14,18,28,30H,8-9H2,1-7H3,(H,26,31)(H2,22,24,25)/t11-,12+,14+,18+,21+,36-/m0/s1. The van der Waals surface area contributed by atoms with Crippen molar-refractivity contribution in [2.45, 2.75) is 64.7 Å². The molecule has 5 N–H and O–H groups in total. The Labute approximate surface area is 209 Å². The molecular formula is C21H35N6O8P. The highest BCUT2D eigenvalue weighted by atomic mass is 31.2. The first kappa shape index (κ1) is 28.2. The number of aliphatic hydroxyl groups excluding tert-OH is 1. The van der Waals surface area contributed by atoms with Crippen molar-refractivity contribution in [3.05, 3.63) is 6.33 Å². The Morgan fingerprint density at radius 1 is 1.42 bits per heavy atom. The summed E-state index contributed by atoms with van der Waals surface area (Å²) in [7, 11) is -2.12. The Hall–Kier alpha value is -2.35. The van der Waals surface area contributed by atoms with E-state index < -0.39 is 43.6 Å². The molecule has 202 valence electrons. The van der Waals surface area contributed by atoms with Crippen LogP contribution in [0.3, 0.4) is 0 Å². The van der Waals surface area contributed by atoms with Crippen LogP contribution in [-0.4, -0.2) is 86.5 Å². The number of nitrogens with zero attached hydrogens (tertiary/aromatic N) is 4. The van der Waals surface area contributed by atoms with Crippen molar-refractivity contribution in [2.75, 3.05) is 32.7 Å². The highest BCUT2D eigenvalue weighted by Gasteiger charge is 2.54. The third kappa shape index (κ3) is 6.13. The number of ether oxygens (including phenoxy) is 3. The third-order valence-corrected chi connectivity index (χ3v) is 7.02. The number of aliphatic hydroxyl groups is 2. The van der Waals surface area contributed by atoms with E-state index in [0.29, 0.717) is 0 Å². The molecule has 0 amide bonds. The highest BCUT2D eigenvalue weighted by molar-refractivity contribution is 7.56. The number of esters is 1. The van der Waals surface area contributed by atoms with Crippen LogP contribution in [0.5, 0.6) is 5.88 Å². The number of carbonyl (C=O) groups excluding carboxylic acids is 1. The molecule has 1 aliphatic rings. The molecule has 2 aromatic heterocycles. The molecule has 1 saturated heterocycles. The van der Waals surface area contributed by atoms with Gasteiger partial charge in [-0.3, -0.25) is 13.9 Å². The number of hydrogen-bond acceptors (Lipinski definition) is 12. The number of anilines is 1. The van der Waals surface area contributed by atoms with E-state index in [9.17, 15) is 19.6 Å². The Morgan fingerprint density at radius 3 is 2.69 bits per heavy atom. The van der Waals surface area contributed by atoms with Gasteiger partial charge in [-0.25, -0.2) is 10.1 Å². The molecule has 3 rings (SSSR count). The zero-order chi connectivity index (χ0) is 27.1. The first-order valence-electron chi connectivity index (χ1n) is 11.3. The minimum absolute atomic E-state index is 0.0766. The van der Waals surface area contributed by atoms with Gasteiger partial charge in [0.2, 0.25) is 11.8 Å². The van der Waals surface area contributed by atoms with Crippen LogP contribution in [0, 0.1) is 5.41 Å². The normalized spacial score (nSPS) is 27.1. The fourth-order valence-electron chi connectivity index (χ4n) is 3.67. The van der Waals surface area contributed by atoms with Crippen LogP contribution in [-0.2, 0) is 23.4 Å². The minimum Gasteiger partial charge on any atom is -0.479 e. The van der Waals surface area contributed by atoms with Crippen molar-refractivity contribution in [3.8, 4) is 5.88 Å². The maximum absolute atomic E-state index is 12.9. The van der Waals surface area contributed by atoms with Gasteiger partial charge in [0.25, 0.3) is 7.52 Å². The molecule has 3 heterocycles. The highest BCUT2D eigenvalue weighted by Crippen LogP contribution is 2.43. The smallest absolute Gasteiger partial charge is 0.323 e. The van der Waals surface area contributed by atoms with Crippen LogP contribution < -0.4 is 15.6 Å².